The van der Waals surface area contributed by atoms with Crippen molar-refractivity contribution in [2.24, 2.45) is 0 Å². The van der Waals surface area contributed by atoms with E-state index in [1.54, 1.807) is 0 Å². The summed E-state index contributed by atoms with van der Waals surface area (Å²) in [5.41, 5.74) is 0. The Hall–Kier alpha value is -0.610. The van der Waals surface area contributed by atoms with Crippen LogP contribution in [-0.2, 0) is 4.79 Å². The maximum atomic E-state index is 11.5. The molecule has 1 N–H and O–H groups in total. The van der Waals surface area contributed by atoms with Gasteiger partial charge in [0.1, 0.15) is 0 Å². The third-order valence-electron chi connectivity index (χ3n) is 3.44. The van der Waals surface area contributed by atoms with E-state index in [1.807, 2.05) is 0 Å². The molecule has 0 saturated carbocycles. The molecular weight excluding hydrogens is 250 g/mol. The van der Waals surface area contributed by atoms with Crippen LogP contribution < -0.4 is 5.32 Å². The highest BCUT2D eigenvalue weighted by molar-refractivity contribution is 5.75. The number of amides is 1. The Morgan fingerprint density at radius 2 is 1.55 bits per heavy atom. The maximum Gasteiger partial charge on any atom is 0.219 e. The number of hydrogen-bond acceptors (Lipinski definition) is 3. The van der Waals surface area contributed by atoms with Crippen molar-refractivity contribution >= 4 is 5.91 Å². The van der Waals surface area contributed by atoms with Crippen molar-refractivity contribution < 1.29 is 4.79 Å². The monoisotopic (exact) mass is 285 g/mol. The number of carbonyl (C=O) groups excluding carboxylic acids is 1. The predicted octanol–water partition coefficient (Wildman–Crippen LogP) is 2.35. The van der Waals surface area contributed by atoms with Gasteiger partial charge in [-0.05, 0) is 66.5 Å². The maximum absolute atomic E-state index is 11.5. The van der Waals surface area contributed by atoms with Gasteiger partial charge in [-0.1, -0.05) is 19.8 Å². The minimum atomic E-state index is 0.215. The first-order valence-electron chi connectivity index (χ1n) is 8.16. The van der Waals surface area contributed by atoms with Crippen LogP contribution in [0.5, 0.6) is 0 Å². The van der Waals surface area contributed by atoms with E-state index < -0.39 is 0 Å². The van der Waals surface area contributed by atoms with Crippen LogP contribution in [0.15, 0.2) is 0 Å². The Morgan fingerprint density at radius 3 is 2.20 bits per heavy atom. The Morgan fingerprint density at radius 1 is 0.900 bits per heavy atom. The van der Waals surface area contributed by atoms with Gasteiger partial charge in [-0.2, -0.15) is 0 Å². The lowest BCUT2D eigenvalue weighted by Crippen LogP contribution is -2.28. The SMILES string of the molecule is CCCCCC(=O)NCCCN(C)CCCCN(C)C. The number of hydrogen-bond donors (Lipinski definition) is 1. The molecule has 0 aliphatic heterocycles. The fourth-order valence-electron chi connectivity index (χ4n) is 2.12. The van der Waals surface area contributed by atoms with Crippen LogP contribution in [0.25, 0.3) is 0 Å². The largest absolute Gasteiger partial charge is 0.356 e. The van der Waals surface area contributed by atoms with Crippen molar-refractivity contribution in [2.45, 2.75) is 51.9 Å². The molecule has 0 atom stereocenters. The number of nitrogens with zero attached hydrogens (tertiary/aromatic N) is 2. The minimum absolute atomic E-state index is 0.215. The average molecular weight is 285 g/mol. The molecule has 0 saturated heterocycles. The normalized spacial score (nSPS) is 11.3. The highest BCUT2D eigenvalue weighted by Crippen LogP contribution is 1.98. The summed E-state index contributed by atoms with van der Waals surface area (Å²) >= 11 is 0. The lowest BCUT2D eigenvalue weighted by Gasteiger charge is -2.17. The average Bonchev–Trinajstić information content (AvgIpc) is 2.40. The Kier molecular flexibility index (Phi) is 13.0. The summed E-state index contributed by atoms with van der Waals surface area (Å²) < 4.78 is 0. The molecule has 0 aliphatic carbocycles. The quantitative estimate of drug-likeness (QED) is 0.528. The van der Waals surface area contributed by atoms with Crippen LogP contribution in [0.2, 0.25) is 0 Å². The molecule has 0 aromatic carbocycles. The lowest BCUT2D eigenvalue weighted by molar-refractivity contribution is -0.121. The topological polar surface area (TPSA) is 35.6 Å². The molecule has 4 heteroatoms. The molecule has 0 fully saturated rings. The molecule has 20 heavy (non-hydrogen) atoms. The van der Waals surface area contributed by atoms with Gasteiger partial charge in [0, 0.05) is 13.0 Å². The van der Waals surface area contributed by atoms with Crippen molar-refractivity contribution in [1.82, 2.24) is 15.1 Å². The lowest BCUT2D eigenvalue weighted by atomic mass is 10.2. The summed E-state index contributed by atoms with van der Waals surface area (Å²) in [4.78, 5) is 16.1. The predicted molar refractivity (Wildman–Crippen MR) is 87.1 cm³/mol. The molecule has 1 amide bonds. The first-order chi connectivity index (χ1) is 9.56. The van der Waals surface area contributed by atoms with Crippen molar-refractivity contribution in [3.63, 3.8) is 0 Å². The van der Waals surface area contributed by atoms with Crippen LogP contribution in [-0.4, -0.2) is 63.0 Å². The summed E-state index contributed by atoms with van der Waals surface area (Å²) in [6.07, 6.45) is 7.59. The zero-order chi connectivity index (χ0) is 15.2. The summed E-state index contributed by atoms with van der Waals surface area (Å²) in [7, 11) is 6.40. The van der Waals surface area contributed by atoms with Crippen LogP contribution in [0, 0.1) is 0 Å². The van der Waals surface area contributed by atoms with Crippen molar-refractivity contribution in [1.29, 1.82) is 0 Å². The number of nitrogens with one attached hydrogen (secondary N) is 1. The third kappa shape index (κ3) is 13.8. The van der Waals surface area contributed by atoms with E-state index in [-0.39, 0.29) is 5.91 Å². The first kappa shape index (κ1) is 19.4. The molecule has 0 bridgehead atoms. The van der Waals surface area contributed by atoms with Gasteiger partial charge >= 0.3 is 0 Å². The smallest absolute Gasteiger partial charge is 0.219 e. The van der Waals surface area contributed by atoms with Gasteiger partial charge in [-0.15, -0.1) is 0 Å². The van der Waals surface area contributed by atoms with Crippen molar-refractivity contribution in [2.75, 3.05) is 47.3 Å². The molecule has 0 heterocycles. The molecule has 0 radical (unpaired) electrons. The van der Waals surface area contributed by atoms with Crippen LogP contribution in [0.3, 0.4) is 0 Å². The molecule has 0 aliphatic rings. The standard InChI is InChI=1S/C16H35N3O/c1-5-6-7-11-16(20)17-12-10-15-19(4)14-9-8-13-18(2)3/h5-15H2,1-4H3,(H,17,20). The Labute approximate surface area is 125 Å². The summed E-state index contributed by atoms with van der Waals surface area (Å²) in [5, 5.41) is 3.01. The second kappa shape index (κ2) is 13.4. The van der Waals surface area contributed by atoms with Crippen molar-refractivity contribution in [3.8, 4) is 0 Å². The first-order valence-corrected chi connectivity index (χ1v) is 8.16. The Balaban J connectivity index is 3.34. The number of carbonyl (C=O) groups is 1. The molecule has 0 spiro atoms. The van der Waals surface area contributed by atoms with E-state index >= 15 is 0 Å². The second-order valence-electron chi connectivity index (χ2n) is 5.97. The van der Waals surface area contributed by atoms with Gasteiger partial charge in [0.15, 0.2) is 0 Å². The molecule has 4 nitrogen and oxygen atoms in total. The van der Waals surface area contributed by atoms with Crippen LogP contribution >= 0.6 is 0 Å². The molecule has 0 aromatic heterocycles. The van der Waals surface area contributed by atoms with Gasteiger partial charge in [0.2, 0.25) is 5.91 Å². The highest BCUT2D eigenvalue weighted by Gasteiger charge is 2.01. The van der Waals surface area contributed by atoms with Gasteiger partial charge in [-0.3, -0.25) is 4.79 Å². The number of unbranched alkanes of at least 4 members (excludes halogenated alkanes) is 3. The second-order valence-corrected chi connectivity index (χ2v) is 5.97. The summed E-state index contributed by atoms with van der Waals surface area (Å²) in [6, 6.07) is 0. The zero-order valence-corrected chi connectivity index (χ0v) is 14.1. The van der Waals surface area contributed by atoms with Gasteiger partial charge in [0.25, 0.3) is 0 Å². The molecule has 0 unspecified atom stereocenters. The molecule has 0 rings (SSSR count). The van der Waals surface area contributed by atoms with E-state index in [2.05, 4.69) is 43.2 Å². The third-order valence-corrected chi connectivity index (χ3v) is 3.44. The molecular formula is C16H35N3O. The highest BCUT2D eigenvalue weighted by atomic mass is 16.1. The minimum Gasteiger partial charge on any atom is -0.356 e. The fraction of sp³-hybridized carbons (Fsp3) is 0.938. The van der Waals surface area contributed by atoms with E-state index in [1.165, 1.54) is 25.8 Å². The van der Waals surface area contributed by atoms with E-state index in [4.69, 9.17) is 0 Å². The van der Waals surface area contributed by atoms with Gasteiger partial charge in [0.05, 0.1) is 0 Å². The van der Waals surface area contributed by atoms with E-state index in [0.717, 1.165) is 38.9 Å². The number of rotatable bonds is 13. The van der Waals surface area contributed by atoms with Gasteiger partial charge < -0.3 is 15.1 Å². The van der Waals surface area contributed by atoms with Gasteiger partial charge in [-0.25, -0.2) is 0 Å². The van der Waals surface area contributed by atoms with E-state index in [9.17, 15) is 4.79 Å². The van der Waals surface area contributed by atoms with Crippen LogP contribution in [0.4, 0.5) is 0 Å². The van der Waals surface area contributed by atoms with E-state index in [0.29, 0.717) is 6.42 Å². The van der Waals surface area contributed by atoms with Crippen LogP contribution in [0.1, 0.15) is 51.9 Å². The van der Waals surface area contributed by atoms with Crippen molar-refractivity contribution in [3.05, 3.63) is 0 Å². The summed E-state index contributed by atoms with van der Waals surface area (Å²) in [6.45, 7) is 6.36. The summed E-state index contributed by atoms with van der Waals surface area (Å²) in [5.74, 6) is 0.215. The zero-order valence-electron chi connectivity index (χ0n) is 14.1. The Bertz CT molecular complexity index is 232. The molecule has 0 aromatic rings. The fourth-order valence-corrected chi connectivity index (χ4v) is 2.12. The molecule has 120 valence electrons.